The van der Waals surface area contributed by atoms with Gasteiger partial charge in [0.1, 0.15) is 0 Å². The van der Waals surface area contributed by atoms with Gasteiger partial charge in [-0.1, -0.05) is 0 Å². The van der Waals surface area contributed by atoms with Gasteiger partial charge in [0.25, 0.3) is 5.91 Å². The van der Waals surface area contributed by atoms with Gasteiger partial charge in [-0.3, -0.25) is 14.7 Å². The van der Waals surface area contributed by atoms with E-state index in [1.165, 1.54) is 5.56 Å². The second-order valence-corrected chi connectivity index (χ2v) is 7.69. The molecule has 6 heteroatoms. The number of carbonyl (C=O) groups is 1. The predicted octanol–water partition coefficient (Wildman–Crippen LogP) is 2.65. The molecule has 0 bridgehead atoms. The van der Waals surface area contributed by atoms with Crippen LogP contribution in [0.15, 0.2) is 41.4 Å². The van der Waals surface area contributed by atoms with Crippen LogP contribution in [-0.2, 0) is 11.3 Å². The Balaban J connectivity index is 1.37. The fraction of sp³-hybridized carbons (Fsp3) is 0.474. The van der Waals surface area contributed by atoms with Gasteiger partial charge in [-0.15, -0.1) is 0 Å². The number of piperidine rings is 1. The van der Waals surface area contributed by atoms with Gasteiger partial charge < -0.3 is 9.64 Å². The van der Waals surface area contributed by atoms with Crippen LogP contribution in [0.5, 0.6) is 0 Å². The zero-order valence-electron chi connectivity index (χ0n) is 14.3. The molecule has 5 nitrogen and oxygen atoms in total. The number of ether oxygens (including phenoxy) is 1. The van der Waals surface area contributed by atoms with Crippen molar-refractivity contribution in [2.45, 2.75) is 25.0 Å². The second kappa shape index (κ2) is 7.23. The summed E-state index contributed by atoms with van der Waals surface area (Å²) in [5.41, 5.74) is 1.87. The maximum atomic E-state index is 12.7. The third kappa shape index (κ3) is 3.76. The van der Waals surface area contributed by atoms with Crippen molar-refractivity contribution in [1.82, 2.24) is 14.8 Å². The van der Waals surface area contributed by atoms with Gasteiger partial charge in [0.2, 0.25) is 0 Å². The van der Waals surface area contributed by atoms with Gasteiger partial charge in [0.15, 0.2) is 0 Å². The predicted molar refractivity (Wildman–Crippen MR) is 97.7 cm³/mol. The quantitative estimate of drug-likeness (QED) is 0.847. The Morgan fingerprint density at radius 3 is 2.88 bits per heavy atom. The number of thiophene rings is 1. The summed E-state index contributed by atoms with van der Waals surface area (Å²) in [7, 11) is 0. The fourth-order valence-corrected chi connectivity index (χ4v) is 4.41. The molecule has 25 heavy (non-hydrogen) atoms. The summed E-state index contributed by atoms with van der Waals surface area (Å²) < 4.78 is 6.17. The summed E-state index contributed by atoms with van der Waals surface area (Å²) in [5.74, 6) is 0.0662. The van der Waals surface area contributed by atoms with E-state index in [1.807, 2.05) is 17.0 Å². The summed E-state index contributed by atoms with van der Waals surface area (Å²) in [6.07, 6.45) is 5.30. The lowest BCUT2D eigenvalue weighted by atomic mass is 9.89. The van der Waals surface area contributed by atoms with E-state index >= 15 is 0 Å². The molecule has 0 N–H and O–H groups in total. The van der Waals surface area contributed by atoms with Crippen molar-refractivity contribution in [1.29, 1.82) is 0 Å². The molecule has 2 fully saturated rings. The molecule has 0 aliphatic carbocycles. The third-order valence-electron chi connectivity index (χ3n) is 5.20. The van der Waals surface area contributed by atoms with Crippen LogP contribution in [0, 0.1) is 0 Å². The highest BCUT2D eigenvalue weighted by Gasteiger charge is 2.41. The van der Waals surface area contributed by atoms with Crippen molar-refractivity contribution >= 4 is 17.2 Å². The highest BCUT2D eigenvalue weighted by atomic mass is 32.1. The first-order valence-electron chi connectivity index (χ1n) is 8.81. The molecule has 0 atom stereocenters. The maximum Gasteiger partial charge on any atom is 0.255 e. The van der Waals surface area contributed by atoms with Crippen molar-refractivity contribution < 1.29 is 9.53 Å². The highest BCUT2D eigenvalue weighted by Crippen LogP contribution is 2.31. The van der Waals surface area contributed by atoms with Gasteiger partial charge >= 0.3 is 0 Å². The van der Waals surface area contributed by atoms with Crippen molar-refractivity contribution in [3.05, 3.63) is 52.5 Å². The third-order valence-corrected chi connectivity index (χ3v) is 5.93. The average molecular weight is 357 g/mol. The minimum Gasteiger partial charge on any atom is -0.371 e. The molecule has 2 aliphatic heterocycles. The fourth-order valence-electron chi connectivity index (χ4n) is 3.75. The van der Waals surface area contributed by atoms with Crippen LogP contribution in [0.1, 0.15) is 28.8 Å². The molecule has 2 aliphatic rings. The number of pyridine rings is 1. The molecule has 1 amide bonds. The monoisotopic (exact) mass is 357 g/mol. The van der Waals surface area contributed by atoms with Crippen LogP contribution in [0.25, 0.3) is 0 Å². The molecule has 0 saturated carbocycles. The van der Waals surface area contributed by atoms with Crippen LogP contribution in [0.3, 0.4) is 0 Å². The van der Waals surface area contributed by atoms with Crippen molar-refractivity contribution in [3.8, 4) is 0 Å². The number of hydrogen-bond donors (Lipinski definition) is 0. The number of hydrogen-bond acceptors (Lipinski definition) is 5. The Morgan fingerprint density at radius 1 is 1.28 bits per heavy atom. The minimum atomic E-state index is -0.179. The Bertz CT molecular complexity index is 697. The van der Waals surface area contributed by atoms with Crippen molar-refractivity contribution in [2.75, 3.05) is 32.8 Å². The molecule has 132 valence electrons. The van der Waals surface area contributed by atoms with E-state index in [0.29, 0.717) is 25.3 Å². The lowest BCUT2D eigenvalue weighted by Crippen LogP contribution is -2.57. The summed E-state index contributed by atoms with van der Waals surface area (Å²) in [5, 5.41) is 4.35. The molecule has 0 aromatic carbocycles. The van der Waals surface area contributed by atoms with Crippen molar-refractivity contribution in [3.63, 3.8) is 0 Å². The molecule has 4 heterocycles. The number of aromatic nitrogens is 1. The van der Waals surface area contributed by atoms with Crippen LogP contribution < -0.4 is 0 Å². The average Bonchev–Trinajstić information content (AvgIpc) is 3.17. The zero-order valence-corrected chi connectivity index (χ0v) is 15.1. The van der Waals surface area contributed by atoms with Crippen LogP contribution in [0.4, 0.5) is 0 Å². The first-order chi connectivity index (χ1) is 12.2. The summed E-state index contributed by atoms with van der Waals surface area (Å²) in [6.45, 7) is 5.02. The first-order valence-corrected chi connectivity index (χ1v) is 9.75. The van der Waals surface area contributed by atoms with Crippen molar-refractivity contribution in [2.24, 2.45) is 0 Å². The molecule has 4 rings (SSSR count). The van der Waals surface area contributed by atoms with Crippen LogP contribution in [-0.4, -0.2) is 59.1 Å². The standard InChI is InChI=1S/C19H23N3O2S/c23-18(17-2-1-6-20-12-17)22-9-10-24-19(15-22)4-7-21(8-5-19)13-16-3-11-25-14-16/h1-3,6,11-12,14H,4-5,7-10,13,15H2. The Morgan fingerprint density at radius 2 is 2.16 bits per heavy atom. The summed E-state index contributed by atoms with van der Waals surface area (Å²) in [4.78, 5) is 21.2. The maximum absolute atomic E-state index is 12.7. The van der Waals surface area contributed by atoms with E-state index in [4.69, 9.17) is 4.74 Å². The normalized spacial score (nSPS) is 20.7. The molecule has 1 spiro atoms. The molecule has 2 saturated heterocycles. The zero-order chi connectivity index (χ0) is 17.1. The number of likely N-dealkylation sites (tertiary alicyclic amines) is 1. The molecule has 0 unspecified atom stereocenters. The van der Waals surface area contributed by atoms with Crippen LogP contribution >= 0.6 is 11.3 Å². The lowest BCUT2D eigenvalue weighted by Gasteiger charge is -2.47. The largest absolute Gasteiger partial charge is 0.371 e. The summed E-state index contributed by atoms with van der Waals surface area (Å²) >= 11 is 1.75. The summed E-state index contributed by atoms with van der Waals surface area (Å²) in [6, 6.07) is 5.84. The molecule has 0 radical (unpaired) electrons. The van der Waals surface area contributed by atoms with E-state index in [-0.39, 0.29) is 11.5 Å². The smallest absolute Gasteiger partial charge is 0.255 e. The molecular weight excluding hydrogens is 334 g/mol. The minimum absolute atomic E-state index is 0.0662. The first kappa shape index (κ1) is 16.7. The lowest BCUT2D eigenvalue weighted by molar-refractivity contribution is -0.127. The number of amides is 1. The van der Waals surface area contributed by atoms with E-state index in [0.717, 1.165) is 32.5 Å². The number of carbonyl (C=O) groups excluding carboxylic acids is 1. The number of morpholine rings is 1. The second-order valence-electron chi connectivity index (χ2n) is 6.91. The molecule has 2 aromatic heterocycles. The Hall–Kier alpha value is -1.76. The van der Waals surface area contributed by atoms with Gasteiger partial charge in [-0.25, -0.2) is 0 Å². The van der Waals surface area contributed by atoms with Gasteiger partial charge in [0, 0.05) is 38.6 Å². The van der Waals surface area contributed by atoms with Gasteiger partial charge in [0.05, 0.1) is 24.3 Å². The van der Waals surface area contributed by atoms with Gasteiger partial charge in [-0.05, 0) is 47.4 Å². The molecule has 2 aromatic rings. The topological polar surface area (TPSA) is 45.7 Å². The Kier molecular flexibility index (Phi) is 4.83. The van der Waals surface area contributed by atoms with E-state index in [2.05, 4.69) is 26.7 Å². The Labute approximate surface area is 152 Å². The van der Waals surface area contributed by atoms with E-state index in [9.17, 15) is 4.79 Å². The SMILES string of the molecule is O=C(c1cccnc1)N1CCOC2(CCN(Cc3ccsc3)CC2)C1. The highest BCUT2D eigenvalue weighted by molar-refractivity contribution is 7.07. The van der Waals surface area contributed by atoms with E-state index in [1.54, 1.807) is 23.7 Å². The van der Waals surface area contributed by atoms with Gasteiger partial charge in [-0.2, -0.15) is 11.3 Å². The molecular formula is C19H23N3O2S. The number of rotatable bonds is 3. The van der Waals surface area contributed by atoms with Crippen LogP contribution in [0.2, 0.25) is 0 Å². The number of nitrogens with zero attached hydrogens (tertiary/aromatic N) is 3. The van der Waals surface area contributed by atoms with E-state index < -0.39 is 0 Å².